The molecule has 1 unspecified atom stereocenters. The van der Waals surface area contributed by atoms with Gasteiger partial charge < -0.3 is 0 Å². The van der Waals surface area contributed by atoms with Gasteiger partial charge in [0, 0.05) is 17.7 Å². The van der Waals surface area contributed by atoms with Crippen LogP contribution in [-0.4, -0.2) is 18.3 Å². The zero-order valence-electron chi connectivity index (χ0n) is 15.8. The van der Waals surface area contributed by atoms with Crippen molar-refractivity contribution < 1.29 is 13.3 Å². The van der Waals surface area contributed by atoms with E-state index in [-0.39, 0.29) is 11.3 Å². The standard InChI is InChI=1S/C21H17N3O4S2/c1-13-5-10-18-19(11-13)29-21(23-18)15-8-6-14(7-9-15)20(30(22,27)28)16-3-2-4-17(12-16)24(25)26/h2-12,20H,1H3,(H2,22,27,28). The molecule has 0 radical (unpaired) electrons. The number of aryl methyl sites for hydroxylation is 1. The molecule has 0 aliphatic carbocycles. The van der Waals surface area contributed by atoms with Gasteiger partial charge in [0.05, 0.1) is 15.1 Å². The van der Waals surface area contributed by atoms with E-state index in [0.29, 0.717) is 5.56 Å². The highest BCUT2D eigenvalue weighted by molar-refractivity contribution is 7.89. The number of nitro groups is 1. The molecule has 0 spiro atoms. The molecule has 7 nitrogen and oxygen atoms in total. The normalized spacial score (nSPS) is 12.7. The number of nitrogens with two attached hydrogens (primary N) is 1. The maximum atomic E-state index is 12.3. The average Bonchev–Trinajstić information content (AvgIpc) is 3.11. The largest absolute Gasteiger partial charge is 0.269 e. The molecule has 0 amide bonds. The Balaban J connectivity index is 1.74. The smallest absolute Gasteiger partial charge is 0.258 e. The second-order valence-corrected chi connectivity index (χ2v) is 9.61. The first kappa shape index (κ1) is 20.1. The second kappa shape index (κ2) is 7.60. The number of nitrogens with zero attached hydrogens (tertiary/aromatic N) is 2. The Morgan fingerprint density at radius 1 is 1.03 bits per heavy atom. The van der Waals surface area contributed by atoms with Gasteiger partial charge in [-0.1, -0.05) is 42.5 Å². The van der Waals surface area contributed by atoms with Crippen molar-refractivity contribution >= 4 is 37.3 Å². The van der Waals surface area contributed by atoms with E-state index < -0.39 is 20.2 Å². The fourth-order valence-electron chi connectivity index (χ4n) is 3.33. The van der Waals surface area contributed by atoms with E-state index in [4.69, 9.17) is 5.14 Å². The summed E-state index contributed by atoms with van der Waals surface area (Å²) < 4.78 is 25.7. The van der Waals surface area contributed by atoms with Crippen molar-refractivity contribution in [3.05, 3.63) is 93.5 Å². The van der Waals surface area contributed by atoms with Crippen LogP contribution in [0.15, 0.2) is 66.7 Å². The molecule has 9 heteroatoms. The van der Waals surface area contributed by atoms with Crippen molar-refractivity contribution in [3.8, 4) is 10.6 Å². The molecule has 2 N–H and O–H groups in total. The summed E-state index contributed by atoms with van der Waals surface area (Å²) >= 11 is 1.56. The summed E-state index contributed by atoms with van der Waals surface area (Å²) in [7, 11) is -4.05. The van der Waals surface area contributed by atoms with Crippen molar-refractivity contribution in [1.29, 1.82) is 0 Å². The second-order valence-electron chi connectivity index (χ2n) is 6.93. The third-order valence-electron chi connectivity index (χ3n) is 4.72. The van der Waals surface area contributed by atoms with Crippen LogP contribution in [0.3, 0.4) is 0 Å². The first-order valence-electron chi connectivity index (χ1n) is 8.96. The number of fused-ring (bicyclic) bond motifs is 1. The van der Waals surface area contributed by atoms with E-state index in [2.05, 4.69) is 11.1 Å². The molecule has 0 saturated heterocycles. The zero-order chi connectivity index (χ0) is 21.5. The van der Waals surface area contributed by atoms with E-state index in [0.717, 1.165) is 26.4 Å². The van der Waals surface area contributed by atoms with Crippen LogP contribution >= 0.6 is 11.3 Å². The van der Waals surface area contributed by atoms with Crippen LogP contribution in [0.5, 0.6) is 0 Å². The Morgan fingerprint density at radius 2 is 1.77 bits per heavy atom. The molecule has 3 aromatic carbocycles. The lowest BCUT2D eigenvalue weighted by Crippen LogP contribution is -2.22. The van der Waals surface area contributed by atoms with Crippen molar-refractivity contribution in [2.45, 2.75) is 12.2 Å². The first-order valence-corrected chi connectivity index (χ1v) is 11.4. The quantitative estimate of drug-likeness (QED) is 0.361. The predicted octanol–water partition coefficient (Wildman–Crippen LogP) is 4.56. The third kappa shape index (κ3) is 3.95. The number of primary sulfonamides is 1. The minimum Gasteiger partial charge on any atom is -0.258 e. The molecule has 4 rings (SSSR count). The topological polar surface area (TPSA) is 116 Å². The molecule has 0 fully saturated rings. The number of rotatable bonds is 5. The molecule has 0 saturated carbocycles. The number of thiazole rings is 1. The van der Waals surface area contributed by atoms with Gasteiger partial charge in [-0.15, -0.1) is 11.3 Å². The highest BCUT2D eigenvalue weighted by atomic mass is 32.2. The van der Waals surface area contributed by atoms with Gasteiger partial charge in [0.2, 0.25) is 10.0 Å². The van der Waals surface area contributed by atoms with Crippen LogP contribution in [0, 0.1) is 17.0 Å². The SMILES string of the molecule is Cc1ccc2nc(-c3ccc(C(c4cccc([N+](=O)[O-])c4)S(N)(=O)=O)cc3)sc2c1. The molecular weight excluding hydrogens is 422 g/mol. The zero-order valence-corrected chi connectivity index (χ0v) is 17.5. The Hall–Kier alpha value is -3.14. The van der Waals surface area contributed by atoms with Crippen LogP contribution < -0.4 is 5.14 Å². The number of nitro benzene ring substituents is 1. The molecule has 152 valence electrons. The van der Waals surface area contributed by atoms with Gasteiger partial charge in [-0.2, -0.15) is 0 Å². The lowest BCUT2D eigenvalue weighted by Gasteiger charge is -2.16. The molecule has 0 aliphatic heterocycles. The Labute approximate surface area is 177 Å². The van der Waals surface area contributed by atoms with Crippen LogP contribution in [0.2, 0.25) is 0 Å². The fraction of sp³-hybridized carbons (Fsp3) is 0.0952. The van der Waals surface area contributed by atoms with Gasteiger partial charge in [0.25, 0.3) is 5.69 Å². The minimum absolute atomic E-state index is 0.192. The number of hydrogen-bond donors (Lipinski definition) is 1. The minimum atomic E-state index is -4.05. The molecule has 0 bridgehead atoms. The molecular formula is C21H17N3O4S2. The number of non-ortho nitro benzene ring substituents is 1. The first-order chi connectivity index (χ1) is 14.2. The lowest BCUT2D eigenvalue weighted by molar-refractivity contribution is -0.384. The van der Waals surface area contributed by atoms with Gasteiger partial charge in [-0.25, -0.2) is 18.5 Å². The van der Waals surface area contributed by atoms with E-state index in [1.807, 2.05) is 19.1 Å². The molecule has 1 aromatic heterocycles. The van der Waals surface area contributed by atoms with Gasteiger partial charge in [0.15, 0.2) is 0 Å². The lowest BCUT2D eigenvalue weighted by atomic mass is 10.0. The van der Waals surface area contributed by atoms with Crippen molar-refractivity contribution in [2.24, 2.45) is 5.14 Å². The fourth-order valence-corrected chi connectivity index (χ4v) is 5.46. The van der Waals surface area contributed by atoms with Gasteiger partial charge in [-0.3, -0.25) is 10.1 Å². The predicted molar refractivity (Wildman–Crippen MR) is 118 cm³/mol. The van der Waals surface area contributed by atoms with E-state index in [1.165, 1.54) is 24.3 Å². The van der Waals surface area contributed by atoms with Crippen molar-refractivity contribution in [2.75, 3.05) is 0 Å². The highest BCUT2D eigenvalue weighted by Gasteiger charge is 2.27. The monoisotopic (exact) mass is 439 g/mol. The Bertz CT molecular complexity index is 1360. The maximum Gasteiger partial charge on any atom is 0.269 e. The molecule has 30 heavy (non-hydrogen) atoms. The number of benzene rings is 3. The highest BCUT2D eigenvalue weighted by Crippen LogP contribution is 2.34. The number of sulfonamides is 1. The summed E-state index contributed by atoms with van der Waals surface area (Å²) in [5.74, 6) is 0. The Morgan fingerprint density at radius 3 is 2.43 bits per heavy atom. The van der Waals surface area contributed by atoms with Crippen LogP contribution in [0.25, 0.3) is 20.8 Å². The summed E-state index contributed by atoms with van der Waals surface area (Å²) in [6.45, 7) is 2.02. The van der Waals surface area contributed by atoms with Gasteiger partial charge in [0.1, 0.15) is 10.3 Å². The summed E-state index contributed by atoms with van der Waals surface area (Å²) in [5.41, 5.74) is 3.39. The van der Waals surface area contributed by atoms with Crippen LogP contribution in [-0.2, 0) is 10.0 Å². The van der Waals surface area contributed by atoms with Crippen molar-refractivity contribution in [3.63, 3.8) is 0 Å². The summed E-state index contributed by atoms with van der Waals surface area (Å²) in [5, 5.41) is 16.2. The van der Waals surface area contributed by atoms with Gasteiger partial charge >= 0.3 is 0 Å². The summed E-state index contributed by atoms with van der Waals surface area (Å²) in [6, 6.07) is 18.5. The van der Waals surface area contributed by atoms with E-state index in [9.17, 15) is 18.5 Å². The molecule has 1 atom stereocenters. The molecule has 4 aromatic rings. The maximum absolute atomic E-state index is 12.3. The van der Waals surface area contributed by atoms with Crippen molar-refractivity contribution in [1.82, 2.24) is 4.98 Å². The van der Waals surface area contributed by atoms with Crippen LogP contribution in [0.4, 0.5) is 5.69 Å². The van der Waals surface area contributed by atoms with E-state index >= 15 is 0 Å². The summed E-state index contributed by atoms with van der Waals surface area (Å²) in [6.07, 6.45) is 0. The number of aromatic nitrogens is 1. The summed E-state index contributed by atoms with van der Waals surface area (Å²) in [4.78, 5) is 15.1. The number of hydrogen-bond acceptors (Lipinski definition) is 6. The van der Waals surface area contributed by atoms with Gasteiger partial charge in [-0.05, 0) is 35.7 Å². The Kier molecular flexibility index (Phi) is 5.10. The third-order valence-corrected chi connectivity index (χ3v) is 6.99. The van der Waals surface area contributed by atoms with Crippen LogP contribution in [0.1, 0.15) is 21.9 Å². The molecule has 1 heterocycles. The molecule has 0 aliphatic rings. The average molecular weight is 440 g/mol. The van der Waals surface area contributed by atoms with E-state index in [1.54, 1.807) is 35.6 Å².